The van der Waals surface area contributed by atoms with E-state index in [0.717, 1.165) is 28.1 Å². The molecule has 1 N–H and O–H groups in total. The van der Waals surface area contributed by atoms with E-state index in [9.17, 15) is 9.59 Å². The first kappa shape index (κ1) is 17.5. The molecule has 0 radical (unpaired) electrons. The van der Waals surface area contributed by atoms with Gasteiger partial charge >= 0.3 is 0 Å². The molecule has 24 heavy (non-hydrogen) atoms. The number of rotatable bonds is 5. The zero-order valence-corrected chi connectivity index (χ0v) is 16.3. The van der Waals surface area contributed by atoms with Gasteiger partial charge in [-0.2, -0.15) is 0 Å². The average Bonchev–Trinajstić information content (AvgIpc) is 3.24. The molecule has 0 aromatic carbocycles. The number of amides is 1. The van der Waals surface area contributed by atoms with Crippen molar-refractivity contribution in [2.24, 2.45) is 0 Å². The summed E-state index contributed by atoms with van der Waals surface area (Å²) in [5.41, 5.74) is 1.01. The van der Waals surface area contributed by atoms with Crippen molar-refractivity contribution in [1.29, 1.82) is 0 Å². The Bertz CT molecular complexity index is 850. The molecule has 2 heterocycles. The summed E-state index contributed by atoms with van der Waals surface area (Å²) in [6.45, 7) is 9.80. The molecule has 2 aromatic rings. The van der Waals surface area contributed by atoms with Crippen molar-refractivity contribution in [1.82, 2.24) is 14.9 Å². The van der Waals surface area contributed by atoms with E-state index in [1.54, 1.807) is 15.9 Å². The van der Waals surface area contributed by atoms with Crippen LogP contribution in [0.1, 0.15) is 50.1 Å². The smallest absolute Gasteiger partial charge is 0.263 e. The maximum atomic E-state index is 13.0. The summed E-state index contributed by atoms with van der Waals surface area (Å²) in [7, 11) is 0. The lowest BCUT2D eigenvalue weighted by atomic mass is 10.2. The van der Waals surface area contributed by atoms with Crippen molar-refractivity contribution in [3.63, 3.8) is 0 Å². The highest BCUT2D eigenvalue weighted by atomic mass is 32.2. The van der Waals surface area contributed by atoms with Gasteiger partial charge in [-0.1, -0.05) is 11.8 Å². The number of carbonyl (C=O) groups is 1. The topological polar surface area (TPSA) is 64.0 Å². The van der Waals surface area contributed by atoms with Crippen LogP contribution in [-0.2, 0) is 4.79 Å². The predicted molar refractivity (Wildman–Crippen MR) is 100 cm³/mol. The summed E-state index contributed by atoms with van der Waals surface area (Å²) in [6.07, 6.45) is 2.13. The number of nitrogens with one attached hydrogen (secondary N) is 1. The molecule has 0 aliphatic heterocycles. The van der Waals surface area contributed by atoms with Crippen molar-refractivity contribution < 1.29 is 4.79 Å². The monoisotopic (exact) mass is 365 g/mol. The highest BCUT2D eigenvalue weighted by molar-refractivity contribution is 8.00. The third kappa shape index (κ3) is 3.24. The van der Waals surface area contributed by atoms with Gasteiger partial charge in [0.15, 0.2) is 5.16 Å². The van der Waals surface area contributed by atoms with Crippen LogP contribution in [0, 0.1) is 13.8 Å². The minimum atomic E-state index is -0.276. The Labute approximate surface area is 149 Å². The van der Waals surface area contributed by atoms with Gasteiger partial charge in [0.25, 0.3) is 5.56 Å². The molecule has 0 saturated heterocycles. The molecule has 0 bridgehead atoms. The number of thiophene rings is 1. The molecule has 1 atom stereocenters. The number of aromatic nitrogens is 2. The van der Waals surface area contributed by atoms with E-state index >= 15 is 0 Å². The Morgan fingerprint density at radius 3 is 2.58 bits per heavy atom. The third-order valence-electron chi connectivity index (χ3n) is 4.29. The van der Waals surface area contributed by atoms with Crippen LogP contribution in [0.5, 0.6) is 0 Å². The molecule has 5 nitrogen and oxygen atoms in total. The molecule has 1 saturated carbocycles. The van der Waals surface area contributed by atoms with Crippen LogP contribution in [0.25, 0.3) is 10.2 Å². The molecular formula is C17H23N3O2S2. The normalized spacial score (nSPS) is 15.9. The number of fused-ring (bicyclic) bond motifs is 1. The zero-order valence-electron chi connectivity index (χ0n) is 14.7. The molecule has 3 rings (SSSR count). The van der Waals surface area contributed by atoms with Crippen LogP contribution >= 0.6 is 23.1 Å². The van der Waals surface area contributed by atoms with Crippen molar-refractivity contribution >= 4 is 39.2 Å². The lowest BCUT2D eigenvalue weighted by Crippen LogP contribution is -2.33. The number of thioether (sulfide) groups is 1. The maximum Gasteiger partial charge on any atom is 0.263 e. The fourth-order valence-corrected chi connectivity index (χ4v) is 4.70. The summed E-state index contributed by atoms with van der Waals surface area (Å²) in [6, 6.07) is 0.334. The van der Waals surface area contributed by atoms with Crippen molar-refractivity contribution in [2.45, 2.75) is 70.0 Å². The summed E-state index contributed by atoms with van der Waals surface area (Å²) >= 11 is 2.91. The summed E-state index contributed by atoms with van der Waals surface area (Å²) in [5, 5.41) is 4.08. The Balaban J connectivity index is 2.01. The van der Waals surface area contributed by atoms with Crippen LogP contribution in [0.4, 0.5) is 0 Å². The quantitative estimate of drug-likeness (QED) is 0.651. The number of carbonyl (C=O) groups excluding carboxylic acids is 1. The molecule has 7 heteroatoms. The number of aryl methyl sites for hydroxylation is 2. The second-order valence-corrected chi connectivity index (χ2v) is 9.18. The van der Waals surface area contributed by atoms with E-state index in [-0.39, 0.29) is 22.8 Å². The van der Waals surface area contributed by atoms with Crippen molar-refractivity contribution in [3.05, 3.63) is 20.8 Å². The Kier molecular flexibility index (Phi) is 4.75. The summed E-state index contributed by atoms with van der Waals surface area (Å²) in [4.78, 5) is 31.8. The van der Waals surface area contributed by atoms with Gasteiger partial charge in [-0.3, -0.25) is 14.2 Å². The first-order valence-electron chi connectivity index (χ1n) is 8.28. The van der Waals surface area contributed by atoms with Gasteiger partial charge in [0, 0.05) is 17.0 Å². The van der Waals surface area contributed by atoms with Crippen LogP contribution in [0.15, 0.2) is 9.95 Å². The van der Waals surface area contributed by atoms with Crippen molar-refractivity contribution in [3.8, 4) is 0 Å². The Morgan fingerprint density at radius 1 is 1.33 bits per heavy atom. The highest BCUT2D eigenvalue weighted by Gasteiger charge is 2.27. The predicted octanol–water partition coefficient (Wildman–Crippen LogP) is 3.41. The van der Waals surface area contributed by atoms with Crippen LogP contribution in [0.2, 0.25) is 0 Å². The van der Waals surface area contributed by atoms with E-state index < -0.39 is 0 Å². The minimum Gasteiger partial charge on any atom is -0.352 e. The second-order valence-electron chi connectivity index (χ2n) is 6.67. The lowest BCUT2D eigenvalue weighted by molar-refractivity contribution is -0.120. The van der Waals surface area contributed by atoms with Crippen LogP contribution in [-0.4, -0.2) is 26.8 Å². The second kappa shape index (κ2) is 6.52. The van der Waals surface area contributed by atoms with Crippen molar-refractivity contribution in [2.75, 3.05) is 0 Å². The minimum absolute atomic E-state index is 0.00444. The first-order valence-corrected chi connectivity index (χ1v) is 9.98. The third-order valence-corrected chi connectivity index (χ3v) is 6.46. The van der Waals surface area contributed by atoms with Gasteiger partial charge in [0.2, 0.25) is 5.91 Å². The fraction of sp³-hybridized carbons (Fsp3) is 0.588. The highest BCUT2D eigenvalue weighted by Crippen LogP contribution is 2.31. The van der Waals surface area contributed by atoms with E-state index in [1.165, 1.54) is 11.8 Å². The first-order chi connectivity index (χ1) is 11.3. The molecule has 130 valence electrons. The summed E-state index contributed by atoms with van der Waals surface area (Å²) < 4.78 is 1.72. The number of hydrogen-bond donors (Lipinski definition) is 1. The van der Waals surface area contributed by atoms with Crippen LogP contribution in [0.3, 0.4) is 0 Å². The van der Waals surface area contributed by atoms with E-state index in [0.29, 0.717) is 16.6 Å². The number of hydrogen-bond acceptors (Lipinski definition) is 5. The molecule has 0 unspecified atom stereocenters. The molecule has 1 amide bonds. The lowest BCUT2D eigenvalue weighted by Gasteiger charge is -2.18. The van der Waals surface area contributed by atoms with E-state index in [2.05, 4.69) is 5.32 Å². The van der Waals surface area contributed by atoms with Gasteiger partial charge in [-0.05, 0) is 53.0 Å². The van der Waals surface area contributed by atoms with Crippen LogP contribution < -0.4 is 10.9 Å². The molecular weight excluding hydrogens is 342 g/mol. The standard InChI is InChI=1S/C17H23N3O2S2/c1-8(2)20-16(22)13-9(3)10(4)23-15(13)19-17(20)24-11(5)14(21)18-12-6-7-12/h8,11-12H,6-7H2,1-5H3,(H,18,21)/t11-/m1/s1. The van der Waals surface area contributed by atoms with Gasteiger partial charge < -0.3 is 5.32 Å². The SMILES string of the molecule is Cc1sc2nc(S[C@H](C)C(=O)NC3CC3)n(C(C)C)c(=O)c2c1C. The summed E-state index contributed by atoms with van der Waals surface area (Å²) in [5.74, 6) is 0.0192. The molecule has 2 aromatic heterocycles. The van der Waals surface area contributed by atoms with Gasteiger partial charge in [-0.25, -0.2) is 4.98 Å². The fourth-order valence-electron chi connectivity index (χ4n) is 2.58. The maximum absolute atomic E-state index is 13.0. The molecule has 1 fully saturated rings. The number of nitrogens with zero attached hydrogens (tertiary/aromatic N) is 2. The molecule has 0 spiro atoms. The van der Waals surface area contributed by atoms with E-state index in [1.807, 2.05) is 34.6 Å². The largest absolute Gasteiger partial charge is 0.352 e. The van der Waals surface area contributed by atoms with Gasteiger partial charge in [-0.15, -0.1) is 11.3 Å². The average molecular weight is 366 g/mol. The molecule has 1 aliphatic carbocycles. The van der Waals surface area contributed by atoms with Gasteiger partial charge in [0.1, 0.15) is 4.83 Å². The zero-order chi connectivity index (χ0) is 17.6. The van der Waals surface area contributed by atoms with Gasteiger partial charge in [0.05, 0.1) is 10.6 Å². The van der Waals surface area contributed by atoms with E-state index in [4.69, 9.17) is 4.98 Å². The Hall–Kier alpha value is -1.34. The molecule has 1 aliphatic rings. The Morgan fingerprint density at radius 2 is 2.00 bits per heavy atom.